The third-order valence-corrected chi connectivity index (χ3v) is 4.52. The number of aliphatic hydroxyl groups is 1. The molecule has 1 aliphatic rings. The lowest BCUT2D eigenvalue weighted by atomic mass is 10.1. The molecule has 1 fully saturated rings. The first-order chi connectivity index (χ1) is 12.7. The zero-order valence-electron chi connectivity index (χ0n) is 15.0. The molecule has 3 rings (SSSR count). The lowest BCUT2D eigenvalue weighted by molar-refractivity contribution is -0.130. The molecule has 0 bridgehead atoms. The Morgan fingerprint density at radius 2 is 1.85 bits per heavy atom. The van der Waals surface area contributed by atoms with Crippen molar-refractivity contribution in [2.75, 3.05) is 19.7 Å². The Morgan fingerprint density at radius 3 is 2.62 bits per heavy atom. The molecule has 1 N–H and O–H groups in total. The fraction of sp³-hybridized carbons (Fsp3) is 0.381. The number of benzene rings is 2. The third-order valence-electron chi connectivity index (χ3n) is 4.52. The molecule has 0 spiro atoms. The van der Waals surface area contributed by atoms with Crippen molar-refractivity contribution in [1.29, 1.82) is 0 Å². The molecule has 0 radical (unpaired) electrons. The van der Waals surface area contributed by atoms with Crippen LogP contribution < -0.4 is 4.74 Å². The number of β-amino-alcohol motifs (C(OH)–C–C–N with tert-alkyl or cyclic N) is 1. The van der Waals surface area contributed by atoms with Gasteiger partial charge < -0.3 is 19.5 Å². The van der Waals surface area contributed by atoms with Crippen LogP contribution in [0.1, 0.15) is 18.1 Å². The smallest absolute Gasteiger partial charge is 0.227 e. The minimum atomic E-state index is -0.622. The number of ether oxygens (including phenoxy) is 2. The van der Waals surface area contributed by atoms with E-state index in [1.807, 2.05) is 61.5 Å². The van der Waals surface area contributed by atoms with E-state index in [0.29, 0.717) is 32.1 Å². The minimum absolute atomic E-state index is 0.0259. The molecule has 2 aromatic carbocycles. The van der Waals surface area contributed by atoms with Crippen molar-refractivity contribution in [3.05, 3.63) is 65.7 Å². The summed E-state index contributed by atoms with van der Waals surface area (Å²) >= 11 is 0. The molecule has 0 unspecified atom stereocenters. The van der Waals surface area contributed by atoms with Gasteiger partial charge in [0.05, 0.1) is 12.5 Å². The maximum Gasteiger partial charge on any atom is 0.227 e. The van der Waals surface area contributed by atoms with Gasteiger partial charge in [0.25, 0.3) is 0 Å². The molecule has 1 amide bonds. The standard InChI is InChI=1S/C21H25NO4/c1-2-25-20-14-22(13-18(20)23)21(24)12-17-10-6-7-11-19(17)26-15-16-8-4-3-5-9-16/h3-11,18,20,23H,2,12-15H2,1H3/t18-,20-/m1/s1. The molecule has 2 aromatic rings. The summed E-state index contributed by atoms with van der Waals surface area (Å²) in [5.74, 6) is 0.688. The number of hydrogen-bond donors (Lipinski definition) is 1. The number of likely N-dealkylation sites (tertiary alicyclic amines) is 1. The van der Waals surface area contributed by atoms with Crippen molar-refractivity contribution >= 4 is 5.91 Å². The van der Waals surface area contributed by atoms with Crippen molar-refractivity contribution in [3.63, 3.8) is 0 Å². The normalized spacial score (nSPS) is 19.5. The summed E-state index contributed by atoms with van der Waals surface area (Å²) in [4.78, 5) is 14.3. The molecule has 5 nitrogen and oxygen atoms in total. The molecular weight excluding hydrogens is 330 g/mol. The zero-order chi connectivity index (χ0) is 18.4. The summed E-state index contributed by atoms with van der Waals surface area (Å²) in [7, 11) is 0. The first kappa shape index (κ1) is 18.4. The molecule has 0 aliphatic carbocycles. The van der Waals surface area contributed by atoms with Crippen LogP contribution >= 0.6 is 0 Å². The fourth-order valence-electron chi connectivity index (χ4n) is 3.14. The number of carbonyl (C=O) groups excluding carboxylic acids is 1. The molecular formula is C21H25NO4. The van der Waals surface area contributed by atoms with Gasteiger partial charge in [0.15, 0.2) is 0 Å². The highest BCUT2D eigenvalue weighted by molar-refractivity contribution is 5.80. The van der Waals surface area contributed by atoms with Gasteiger partial charge in [-0.3, -0.25) is 4.79 Å². The van der Waals surface area contributed by atoms with Crippen molar-refractivity contribution < 1.29 is 19.4 Å². The van der Waals surface area contributed by atoms with Gasteiger partial charge in [0.1, 0.15) is 18.5 Å². The second-order valence-corrected chi connectivity index (χ2v) is 6.42. The van der Waals surface area contributed by atoms with E-state index in [0.717, 1.165) is 11.1 Å². The molecule has 0 aromatic heterocycles. The predicted octanol–water partition coefficient (Wildman–Crippen LogP) is 2.42. The van der Waals surface area contributed by atoms with E-state index in [2.05, 4.69) is 0 Å². The molecule has 1 heterocycles. The van der Waals surface area contributed by atoms with Gasteiger partial charge in [0, 0.05) is 25.3 Å². The van der Waals surface area contributed by atoms with Gasteiger partial charge >= 0.3 is 0 Å². The highest BCUT2D eigenvalue weighted by atomic mass is 16.5. The molecule has 1 saturated heterocycles. The van der Waals surface area contributed by atoms with Crippen molar-refractivity contribution in [3.8, 4) is 5.75 Å². The van der Waals surface area contributed by atoms with E-state index < -0.39 is 6.10 Å². The van der Waals surface area contributed by atoms with E-state index in [1.165, 1.54) is 0 Å². The lowest BCUT2D eigenvalue weighted by Gasteiger charge is -2.17. The molecule has 1 aliphatic heterocycles. The second-order valence-electron chi connectivity index (χ2n) is 6.42. The van der Waals surface area contributed by atoms with E-state index in [9.17, 15) is 9.90 Å². The Kier molecular flexibility index (Phi) is 6.26. The molecule has 2 atom stereocenters. The summed E-state index contributed by atoms with van der Waals surface area (Å²) < 4.78 is 11.4. The van der Waals surface area contributed by atoms with Gasteiger partial charge in [-0.25, -0.2) is 0 Å². The minimum Gasteiger partial charge on any atom is -0.489 e. The topological polar surface area (TPSA) is 59.0 Å². The monoisotopic (exact) mass is 355 g/mol. The average molecular weight is 355 g/mol. The SMILES string of the molecule is CCO[C@@H]1CN(C(=O)Cc2ccccc2OCc2ccccc2)C[C@H]1O. The van der Waals surface area contributed by atoms with Crippen LogP contribution in [0.3, 0.4) is 0 Å². The zero-order valence-corrected chi connectivity index (χ0v) is 15.0. The second kappa shape index (κ2) is 8.83. The first-order valence-electron chi connectivity index (χ1n) is 8.99. The molecule has 5 heteroatoms. The lowest BCUT2D eigenvalue weighted by Crippen LogP contribution is -2.31. The van der Waals surface area contributed by atoms with Crippen LogP contribution in [0, 0.1) is 0 Å². The fourth-order valence-corrected chi connectivity index (χ4v) is 3.14. The highest BCUT2D eigenvalue weighted by Gasteiger charge is 2.34. The summed E-state index contributed by atoms with van der Waals surface area (Å²) in [6, 6.07) is 17.5. The number of aliphatic hydroxyl groups excluding tert-OH is 1. The van der Waals surface area contributed by atoms with Crippen molar-refractivity contribution in [1.82, 2.24) is 4.90 Å². The van der Waals surface area contributed by atoms with E-state index in [1.54, 1.807) is 4.90 Å². The summed E-state index contributed by atoms with van der Waals surface area (Å²) in [6.45, 7) is 3.62. The van der Waals surface area contributed by atoms with Crippen LogP contribution in [0.15, 0.2) is 54.6 Å². The van der Waals surface area contributed by atoms with Crippen LogP contribution in [0.5, 0.6) is 5.75 Å². The van der Waals surface area contributed by atoms with Crippen molar-refractivity contribution in [2.45, 2.75) is 32.2 Å². The van der Waals surface area contributed by atoms with Crippen LogP contribution in [0.2, 0.25) is 0 Å². The quantitative estimate of drug-likeness (QED) is 0.829. The van der Waals surface area contributed by atoms with E-state index in [4.69, 9.17) is 9.47 Å². The largest absolute Gasteiger partial charge is 0.489 e. The Morgan fingerprint density at radius 1 is 1.12 bits per heavy atom. The number of amides is 1. The van der Waals surface area contributed by atoms with Gasteiger partial charge in [-0.2, -0.15) is 0 Å². The Bertz CT molecular complexity index is 719. The van der Waals surface area contributed by atoms with Crippen LogP contribution in [-0.2, 0) is 22.6 Å². The maximum atomic E-state index is 12.6. The van der Waals surface area contributed by atoms with E-state index in [-0.39, 0.29) is 18.4 Å². The summed E-state index contributed by atoms with van der Waals surface area (Å²) in [6.07, 6.45) is -0.673. The maximum absolute atomic E-state index is 12.6. The summed E-state index contributed by atoms with van der Waals surface area (Å²) in [5, 5.41) is 10.0. The average Bonchev–Trinajstić information content (AvgIpc) is 3.03. The van der Waals surface area contributed by atoms with Gasteiger partial charge in [-0.05, 0) is 18.6 Å². The van der Waals surface area contributed by atoms with Crippen LogP contribution in [0.25, 0.3) is 0 Å². The number of carbonyl (C=O) groups is 1. The molecule has 0 saturated carbocycles. The first-order valence-corrected chi connectivity index (χ1v) is 8.99. The number of nitrogens with zero attached hydrogens (tertiary/aromatic N) is 1. The van der Waals surface area contributed by atoms with Crippen LogP contribution in [0.4, 0.5) is 0 Å². The van der Waals surface area contributed by atoms with Gasteiger partial charge in [0.2, 0.25) is 5.91 Å². The van der Waals surface area contributed by atoms with E-state index >= 15 is 0 Å². The number of hydrogen-bond acceptors (Lipinski definition) is 4. The third kappa shape index (κ3) is 4.62. The molecule has 138 valence electrons. The Labute approximate surface area is 154 Å². The molecule has 26 heavy (non-hydrogen) atoms. The Hall–Kier alpha value is -2.37. The van der Waals surface area contributed by atoms with Gasteiger partial charge in [-0.15, -0.1) is 0 Å². The summed E-state index contributed by atoms with van der Waals surface area (Å²) in [5.41, 5.74) is 1.93. The van der Waals surface area contributed by atoms with Crippen LogP contribution in [-0.4, -0.2) is 47.8 Å². The van der Waals surface area contributed by atoms with Gasteiger partial charge in [-0.1, -0.05) is 48.5 Å². The predicted molar refractivity (Wildman–Crippen MR) is 98.9 cm³/mol. The van der Waals surface area contributed by atoms with Crippen molar-refractivity contribution in [2.24, 2.45) is 0 Å². The Balaban J connectivity index is 1.62. The highest BCUT2D eigenvalue weighted by Crippen LogP contribution is 2.22. The number of para-hydroxylation sites is 1. The number of rotatable bonds is 7.